The summed E-state index contributed by atoms with van der Waals surface area (Å²) in [6.07, 6.45) is 0. The van der Waals surface area contributed by atoms with Crippen molar-refractivity contribution < 1.29 is 0 Å². The summed E-state index contributed by atoms with van der Waals surface area (Å²) < 4.78 is 7.05. The molecule has 0 saturated heterocycles. The maximum atomic E-state index is 9.96. The molecule has 6 heteroatoms. The maximum absolute atomic E-state index is 9.96. The molecule has 5 heterocycles. The first-order chi connectivity index (χ1) is 38.6. The summed E-state index contributed by atoms with van der Waals surface area (Å²) in [5, 5.41) is 16.7. The van der Waals surface area contributed by atoms with Crippen molar-refractivity contribution in [3.8, 4) is 79.2 Å². The predicted octanol–water partition coefficient (Wildman–Crippen LogP) is 18.3. The number of nitrogens with zero attached hydrogens (tertiary/aromatic N) is 6. The molecule has 0 unspecified atom stereocenters. The van der Waals surface area contributed by atoms with Gasteiger partial charge in [0.2, 0.25) is 0 Å². The van der Waals surface area contributed by atoms with Gasteiger partial charge in [0.15, 0.2) is 0 Å². The van der Waals surface area contributed by atoms with Crippen LogP contribution in [-0.2, 0) is 0 Å². The van der Waals surface area contributed by atoms with Crippen LogP contribution < -0.4 is 0 Å². The number of rotatable bonds is 8. The van der Waals surface area contributed by atoms with E-state index in [1.807, 2.05) is 12.1 Å². The van der Waals surface area contributed by atoms with Gasteiger partial charge in [-0.3, -0.25) is 4.98 Å². The lowest BCUT2D eigenvalue weighted by Crippen LogP contribution is -2.00. The molecule has 0 N–H and O–H groups in total. The van der Waals surface area contributed by atoms with Gasteiger partial charge in [-0.15, -0.1) is 0 Å². The van der Waals surface area contributed by atoms with Crippen LogP contribution in [0.4, 0.5) is 0 Å². The second-order valence-corrected chi connectivity index (χ2v) is 20.1. The van der Waals surface area contributed by atoms with Crippen molar-refractivity contribution in [2.45, 2.75) is 6.92 Å². The number of aromatic nitrogens is 5. The summed E-state index contributed by atoms with van der Waals surface area (Å²) in [5.74, 6) is 0. The number of fused-ring (bicyclic) bond motifs is 9. The molecule has 0 aliphatic heterocycles. The highest BCUT2D eigenvalue weighted by Crippen LogP contribution is 2.47. The first-order valence-corrected chi connectivity index (χ1v) is 26.4. The average Bonchev–Trinajstić information content (AvgIpc) is 4.24. The van der Waals surface area contributed by atoms with Crippen LogP contribution in [0.3, 0.4) is 0 Å². The molecule has 0 aliphatic carbocycles. The summed E-state index contributed by atoms with van der Waals surface area (Å²) >= 11 is 0. The van der Waals surface area contributed by atoms with E-state index in [1.165, 1.54) is 10.8 Å². The zero-order valence-corrected chi connectivity index (χ0v) is 42.5. The minimum absolute atomic E-state index is 0.633. The summed E-state index contributed by atoms with van der Waals surface area (Å²) in [4.78, 5) is 11.1. The van der Waals surface area contributed by atoms with Crippen molar-refractivity contribution in [1.29, 1.82) is 5.26 Å². The number of nitriles is 1. The molecule has 78 heavy (non-hydrogen) atoms. The summed E-state index contributed by atoms with van der Waals surface area (Å²) in [6.45, 7) is 2.05. The van der Waals surface area contributed by atoms with Crippen LogP contribution >= 0.6 is 0 Å². The number of hydrogen-bond acceptors (Lipinski definition) is 3. The molecule has 0 fully saturated rings. The fourth-order valence-electron chi connectivity index (χ4n) is 12.1. The highest BCUT2D eigenvalue weighted by Gasteiger charge is 2.25. The third-order valence-corrected chi connectivity index (χ3v) is 15.5. The van der Waals surface area contributed by atoms with Gasteiger partial charge >= 0.3 is 0 Å². The molecule has 0 saturated carbocycles. The van der Waals surface area contributed by atoms with E-state index in [0.29, 0.717) is 5.56 Å². The maximum Gasteiger partial charge on any atom is 0.0991 e. The van der Waals surface area contributed by atoms with E-state index < -0.39 is 0 Å². The van der Waals surface area contributed by atoms with Crippen LogP contribution in [0.5, 0.6) is 0 Å². The lowest BCUT2D eigenvalue weighted by Gasteiger charge is -2.20. The van der Waals surface area contributed by atoms with Gasteiger partial charge in [-0.05, 0) is 139 Å². The Labute approximate surface area is 450 Å². The van der Waals surface area contributed by atoms with E-state index >= 15 is 0 Å². The third-order valence-electron chi connectivity index (χ3n) is 15.5. The summed E-state index contributed by atoms with van der Waals surface area (Å²) in [7, 11) is 0. The van der Waals surface area contributed by atoms with Gasteiger partial charge < -0.3 is 13.7 Å². The SMILES string of the molecule is Cc1cccc(-c2ccccc2-c2cc(-c3cccc(-n4c5ccccc5c5cc(C#N)ccc54)c3)nc(-c3ccc4c(c3)c3ccccc3n4-c3ccccc3)c2-c2ccc3c(c2)c2ccccc2n3-c2ccccc2)n1. The zero-order valence-electron chi connectivity index (χ0n) is 42.5. The summed E-state index contributed by atoms with van der Waals surface area (Å²) in [5.41, 5.74) is 21.2. The number of hydrogen-bond donors (Lipinski definition) is 0. The molecule has 10 aromatic carbocycles. The Kier molecular flexibility index (Phi) is 10.4. The van der Waals surface area contributed by atoms with Crippen LogP contribution in [0.2, 0.25) is 0 Å². The second kappa shape index (κ2) is 18.1. The highest BCUT2D eigenvalue weighted by molar-refractivity contribution is 6.14. The fourth-order valence-corrected chi connectivity index (χ4v) is 12.1. The Morgan fingerprint density at radius 2 is 0.808 bits per heavy atom. The van der Waals surface area contributed by atoms with Crippen molar-refractivity contribution in [3.63, 3.8) is 0 Å². The molecule has 0 bridgehead atoms. The minimum atomic E-state index is 0.633. The number of pyridine rings is 2. The highest BCUT2D eigenvalue weighted by atomic mass is 15.0. The molecule has 15 rings (SSSR count). The van der Waals surface area contributed by atoms with Crippen molar-refractivity contribution in [2.75, 3.05) is 0 Å². The van der Waals surface area contributed by atoms with Gasteiger partial charge in [0.25, 0.3) is 0 Å². The van der Waals surface area contributed by atoms with Gasteiger partial charge in [-0.2, -0.15) is 5.26 Å². The van der Waals surface area contributed by atoms with Gasteiger partial charge in [-0.1, -0.05) is 146 Å². The largest absolute Gasteiger partial charge is 0.309 e. The standard InChI is InChI=1S/C72H46N6/c1-46-18-16-30-63(74-46)55-26-9-8-25-54(55)62-44-64(48-19-17-24-53(41-48)78-67-33-15-10-27-56(67)59-40-47(45-73)34-37-68(59)78)75-72(50-36-39-70-61(43-50)58-29-12-14-32-66(58)77(70)52-22-6-3-7-23-52)71(62)49-35-38-69-60(42-49)57-28-11-13-31-65(57)76(69)51-20-4-2-5-21-51/h2-44H,1H3. The van der Waals surface area contributed by atoms with Gasteiger partial charge in [-0.25, -0.2) is 4.98 Å². The number of aryl methyl sites for hydroxylation is 1. The minimum Gasteiger partial charge on any atom is -0.309 e. The molecule has 15 aromatic rings. The smallest absolute Gasteiger partial charge is 0.0991 e. The molecule has 0 atom stereocenters. The Bertz CT molecular complexity index is 4940. The van der Waals surface area contributed by atoms with Gasteiger partial charge in [0.1, 0.15) is 0 Å². The Morgan fingerprint density at radius 3 is 1.42 bits per heavy atom. The van der Waals surface area contributed by atoms with Crippen LogP contribution in [0.25, 0.3) is 139 Å². The van der Waals surface area contributed by atoms with E-state index in [4.69, 9.17) is 9.97 Å². The topological polar surface area (TPSA) is 64.4 Å². The molecule has 364 valence electrons. The third kappa shape index (κ3) is 7.17. The molecule has 0 radical (unpaired) electrons. The second-order valence-electron chi connectivity index (χ2n) is 20.1. The van der Waals surface area contributed by atoms with Gasteiger partial charge in [0.05, 0.1) is 61.8 Å². The molecule has 0 spiro atoms. The summed E-state index contributed by atoms with van der Waals surface area (Å²) in [6, 6.07) is 95.4. The first-order valence-electron chi connectivity index (χ1n) is 26.4. The monoisotopic (exact) mass is 994 g/mol. The first kappa shape index (κ1) is 44.8. The van der Waals surface area contributed by atoms with Crippen molar-refractivity contribution in [2.24, 2.45) is 0 Å². The fraction of sp³-hybridized carbons (Fsp3) is 0.0139. The lowest BCUT2D eigenvalue weighted by atomic mass is 9.86. The van der Waals surface area contributed by atoms with Crippen molar-refractivity contribution in [3.05, 3.63) is 272 Å². The van der Waals surface area contributed by atoms with E-state index in [1.54, 1.807) is 0 Å². The van der Waals surface area contributed by atoms with E-state index in [9.17, 15) is 5.26 Å². The van der Waals surface area contributed by atoms with Crippen LogP contribution in [0.15, 0.2) is 261 Å². The Hall–Kier alpha value is -10.6. The molecule has 0 aliphatic rings. The quantitative estimate of drug-likeness (QED) is 0.152. The Morgan fingerprint density at radius 1 is 0.321 bits per heavy atom. The molecular weight excluding hydrogens is 949 g/mol. The van der Waals surface area contributed by atoms with Crippen LogP contribution in [0, 0.1) is 18.3 Å². The Balaban J connectivity index is 1.05. The normalized spacial score (nSPS) is 11.6. The van der Waals surface area contributed by atoms with Crippen molar-refractivity contribution >= 4 is 65.4 Å². The zero-order chi connectivity index (χ0) is 51.8. The lowest BCUT2D eigenvalue weighted by molar-refractivity contribution is 1.18. The van der Waals surface area contributed by atoms with Crippen LogP contribution in [0.1, 0.15) is 11.3 Å². The molecule has 5 aromatic heterocycles. The van der Waals surface area contributed by atoms with E-state index in [0.717, 1.165) is 133 Å². The van der Waals surface area contributed by atoms with E-state index in [-0.39, 0.29) is 0 Å². The van der Waals surface area contributed by atoms with E-state index in [2.05, 4.69) is 275 Å². The van der Waals surface area contributed by atoms with Gasteiger partial charge in [0, 0.05) is 77.3 Å². The predicted molar refractivity (Wildman–Crippen MR) is 322 cm³/mol. The molecular formula is C72H46N6. The molecule has 6 nitrogen and oxygen atoms in total. The average molecular weight is 995 g/mol. The molecule has 0 amide bonds. The number of para-hydroxylation sites is 5. The number of benzene rings is 10. The van der Waals surface area contributed by atoms with Crippen molar-refractivity contribution in [1.82, 2.24) is 23.7 Å². The van der Waals surface area contributed by atoms with Crippen LogP contribution in [-0.4, -0.2) is 23.7 Å².